The molecule has 168 valence electrons. The summed E-state index contributed by atoms with van der Waals surface area (Å²) in [6.07, 6.45) is 2.51. The van der Waals surface area contributed by atoms with Gasteiger partial charge in [-0.2, -0.15) is 9.98 Å². The van der Waals surface area contributed by atoms with Gasteiger partial charge in [0, 0.05) is 5.39 Å². The number of nitrogens with one attached hydrogen (secondary N) is 2. The van der Waals surface area contributed by atoms with E-state index in [1.165, 1.54) is 0 Å². The van der Waals surface area contributed by atoms with Gasteiger partial charge in [0.05, 0.1) is 35.2 Å². The van der Waals surface area contributed by atoms with Crippen molar-refractivity contribution in [2.24, 2.45) is 0 Å². The van der Waals surface area contributed by atoms with Gasteiger partial charge < -0.3 is 14.8 Å². The van der Waals surface area contributed by atoms with Crippen molar-refractivity contribution < 1.29 is 23.1 Å². The highest BCUT2D eigenvalue weighted by molar-refractivity contribution is 7.89. The van der Waals surface area contributed by atoms with Crippen LogP contribution in [0.2, 0.25) is 0 Å². The van der Waals surface area contributed by atoms with Gasteiger partial charge in [-0.05, 0) is 43.4 Å². The lowest BCUT2D eigenvalue weighted by atomic mass is 9.81. The van der Waals surface area contributed by atoms with Crippen molar-refractivity contribution in [3.63, 3.8) is 0 Å². The number of carboxylic acids is 1. The number of hydrogen-bond acceptors (Lipinski definition) is 5. The lowest BCUT2D eigenvalue weighted by Gasteiger charge is -2.41. The van der Waals surface area contributed by atoms with E-state index in [1.807, 2.05) is 26.8 Å². The van der Waals surface area contributed by atoms with Crippen molar-refractivity contribution in [2.45, 2.75) is 64.5 Å². The molecule has 3 N–H and O–H groups in total. The van der Waals surface area contributed by atoms with Gasteiger partial charge in [0.1, 0.15) is 5.60 Å². The molecule has 0 amide bonds. The molecule has 8 nitrogen and oxygen atoms in total. The second-order valence-electron chi connectivity index (χ2n) is 8.07. The van der Waals surface area contributed by atoms with Crippen LogP contribution in [0, 0.1) is 18.3 Å². The molecule has 1 aromatic heterocycles. The third-order valence-electron chi connectivity index (χ3n) is 5.92. The number of benzene rings is 1. The molecule has 0 aliphatic carbocycles. The lowest BCUT2D eigenvalue weighted by Crippen LogP contribution is -2.58. The maximum atomic E-state index is 12.6. The number of nitrogens with zero attached hydrogens (tertiary/aromatic N) is 1. The maximum Gasteiger partial charge on any atom is 0.325 e. The van der Waals surface area contributed by atoms with Crippen LogP contribution < -0.4 is 4.72 Å². The van der Waals surface area contributed by atoms with Gasteiger partial charge in [-0.1, -0.05) is 32.8 Å². The number of aromatic nitrogens is 1. The highest BCUT2D eigenvalue weighted by Gasteiger charge is 2.51. The Morgan fingerprint density at radius 3 is 2.74 bits per heavy atom. The van der Waals surface area contributed by atoms with E-state index in [0.717, 1.165) is 22.0 Å². The van der Waals surface area contributed by atoms with Crippen LogP contribution in [-0.4, -0.2) is 42.9 Å². The largest absolute Gasteiger partial charge is 0.480 e. The Bertz CT molecular complexity index is 1130. The van der Waals surface area contributed by atoms with Crippen LogP contribution in [0.15, 0.2) is 12.1 Å². The molecule has 1 aliphatic heterocycles. The number of carboxylic acid groups (broad SMARTS) is 1. The number of aromatic amines is 1. The molecule has 0 unspecified atom stereocenters. The first-order valence-electron chi connectivity index (χ1n) is 10.6. The van der Waals surface area contributed by atoms with Crippen LogP contribution in [0.5, 0.6) is 0 Å². The zero-order valence-corrected chi connectivity index (χ0v) is 18.9. The summed E-state index contributed by atoms with van der Waals surface area (Å²) in [5, 5.41) is 20.5. The van der Waals surface area contributed by atoms with Crippen molar-refractivity contribution >= 4 is 26.9 Å². The summed E-state index contributed by atoms with van der Waals surface area (Å²) in [5.74, 6) is -1.44. The van der Waals surface area contributed by atoms with Crippen LogP contribution in [0.3, 0.4) is 0 Å². The lowest BCUT2D eigenvalue weighted by molar-refractivity contribution is -0.155. The van der Waals surface area contributed by atoms with Gasteiger partial charge in [0.25, 0.3) is 0 Å². The number of nitriles is 1. The molecule has 1 aromatic carbocycles. The maximum absolute atomic E-state index is 12.6. The molecule has 2 heterocycles. The molecule has 0 bridgehead atoms. The third kappa shape index (κ3) is 4.20. The first kappa shape index (κ1) is 23.3. The molecule has 3 rings (SSSR count). The molecular weight excluding hydrogens is 418 g/mol. The SMILES string of the molecule is CCCCS(=O)(=O)N[C@H](C(=O)O)[C@@]1(CCC)OCCc2c1[nH]c1c(C)ccc(C#N)c21. The number of rotatable bonds is 9. The summed E-state index contributed by atoms with van der Waals surface area (Å²) in [4.78, 5) is 15.7. The first-order valence-corrected chi connectivity index (χ1v) is 12.3. The van der Waals surface area contributed by atoms with E-state index in [1.54, 1.807) is 6.07 Å². The van der Waals surface area contributed by atoms with Crippen LogP contribution in [0.4, 0.5) is 0 Å². The minimum absolute atomic E-state index is 0.146. The molecule has 0 fully saturated rings. The fourth-order valence-corrected chi connectivity index (χ4v) is 5.91. The van der Waals surface area contributed by atoms with Crippen LogP contribution >= 0.6 is 0 Å². The average Bonchev–Trinajstić information content (AvgIpc) is 3.13. The molecule has 0 spiro atoms. The number of sulfonamides is 1. The van der Waals surface area contributed by atoms with Crippen molar-refractivity contribution in [1.29, 1.82) is 5.26 Å². The zero-order chi connectivity index (χ0) is 22.8. The van der Waals surface area contributed by atoms with Gasteiger partial charge in [-0.25, -0.2) is 8.42 Å². The topological polar surface area (TPSA) is 132 Å². The van der Waals surface area contributed by atoms with E-state index in [-0.39, 0.29) is 12.4 Å². The Balaban J connectivity index is 2.23. The number of aliphatic carboxylic acids is 1. The van der Waals surface area contributed by atoms with Crippen molar-refractivity contribution in [3.05, 3.63) is 34.5 Å². The second kappa shape index (κ2) is 8.99. The number of unbranched alkanes of at least 4 members (excludes halogenated alkanes) is 1. The fourth-order valence-electron chi connectivity index (χ4n) is 4.48. The minimum Gasteiger partial charge on any atom is -0.480 e. The van der Waals surface area contributed by atoms with Gasteiger partial charge >= 0.3 is 5.97 Å². The molecular formula is C22H29N3O5S. The molecule has 2 atom stereocenters. The summed E-state index contributed by atoms with van der Waals surface area (Å²) < 4.78 is 33.8. The number of carbonyl (C=O) groups is 1. The molecule has 0 saturated carbocycles. The molecule has 1 aliphatic rings. The van der Waals surface area contributed by atoms with E-state index in [2.05, 4.69) is 15.8 Å². The van der Waals surface area contributed by atoms with Crippen LogP contribution in [0.25, 0.3) is 10.9 Å². The van der Waals surface area contributed by atoms with Gasteiger partial charge in [-0.3, -0.25) is 4.79 Å². The van der Waals surface area contributed by atoms with Gasteiger partial charge in [0.15, 0.2) is 6.04 Å². The van der Waals surface area contributed by atoms with E-state index < -0.39 is 27.6 Å². The molecule has 31 heavy (non-hydrogen) atoms. The quantitative estimate of drug-likeness (QED) is 0.541. The summed E-state index contributed by atoms with van der Waals surface area (Å²) in [5.41, 5.74) is 2.16. The van der Waals surface area contributed by atoms with Crippen molar-refractivity contribution in [1.82, 2.24) is 9.71 Å². The molecule has 0 saturated heterocycles. The average molecular weight is 448 g/mol. The van der Waals surface area contributed by atoms with E-state index >= 15 is 0 Å². The highest BCUT2D eigenvalue weighted by atomic mass is 32.2. The molecule has 2 aromatic rings. The van der Waals surface area contributed by atoms with Crippen molar-refractivity contribution in [3.8, 4) is 6.07 Å². The van der Waals surface area contributed by atoms with Crippen LogP contribution in [0.1, 0.15) is 61.9 Å². The summed E-state index contributed by atoms with van der Waals surface area (Å²) in [6.45, 7) is 5.92. The van der Waals surface area contributed by atoms with Gasteiger partial charge in [0.2, 0.25) is 10.0 Å². The predicted octanol–water partition coefficient (Wildman–Crippen LogP) is 3.09. The first-order chi connectivity index (χ1) is 14.7. The minimum atomic E-state index is -3.82. The standard InChI is InChI=1S/C22H29N3O5S/c1-4-6-12-31(28,29)25-20(21(26)27)22(10-5-2)19-16(9-11-30-22)17-15(13-23)8-7-14(3)18(17)24-19/h7-8,20,24-25H,4-6,9-12H2,1-3H3,(H,26,27)/t20-,22+/m1/s1. The fraction of sp³-hybridized carbons (Fsp3) is 0.545. The number of aryl methyl sites for hydroxylation is 1. The number of fused-ring (bicyclic) bond motifs is 3. The smallest absolute Gasteiger partial charge is 0.325 e. The number of ether oxygens (including phenoxy) is 1. The summed E-state index contributed by atoms with van der Waals surface area (Å²) >= 11 is 0. The third-order valence-corrected chi connectivity index (χ3v) is 7.34. The molecule has 9 heteroatoms. The number of H-pyrrole nitrogens is 1. The Morgan fingerprint density at radius 2 is 2.13 bits per heavy atom. The second-order valence-corrected chi connectivity index (χ2v) is 9.94. The van der Waals surface area contributed by atoms with E-state index in [0.29, 0.717) is 43.4 Å². The van der Waals surface area contributed by atoms with Crippen molar-refractivity contribution in [2.75, 3.05) is 12.4 Å². The Kier molecular flexibility index (Phi) is 6.74. The Morgan fingerprint density at radius 1 is 1.39 bits per heavy atom. The number of hydrogen-bond donors (Lipinski definition) is 3. The summed E-state index contributed by atoms with van der Waals surface area (Å²) in [6, 6.07) is 4.32. The molecule has 0 radical (unpaired) electrons. The van der Waals surface area contributed by atoms with E-state index in [9.17, 15) is 23.6 Å². The van der Waals surface area contributed by atoms with Crippen LogP contribution in [-0.2, 0) is 31.6 Å². The highest BCUT2D eigenvalue weighted by Crippen LogP contribution is 2.44. The Labute approximate surface area is 182 Å². The normalized spacial score (nSPS) is 19.7. The Hall–Kier alpha value is -2.41. The van der Waals surface area contributed by atoms with E-state index in [4.69, 9.17) is 4.74 Å². The predicted molar refractivity (Wildman–Crippen MR) is 117 cm³/mol. The zero-order valence-electron chi connectivity index (χ0n) is 18.1. The monoisotopic (exact) mass is 447 g/mol. The van der Waals surface area contributed by atoms with Gasteiger partial charge in [-0.15, -0.1) is 0 Å². The summed E-state index contributed by atoms with van der Waals surface area (Å²) in [7, 11) is -3.82.